The molecule has 2 aliphatic rings. The zero-order chi connectivity index (χ0) is 17.5. The molecule has 2 atom stereocenters. The molecule has 4 heteroatoms. The Morgan fingerprint density at radius 2 is 1.42 bits per heavy atom. The van der Waals surface area contributed by atoms with Gasteiger partial charge in [0, 0.05) is 12.0 Å². The molecule has 5 rings (SSSR count). The molecule has 0 saturated carbocycles. The van der Waals surface area contributed by atoms with Crippen LogP contribution in [0.3, 0.4) is 0 Å². The minimum atomic E-state index is -0.331. The van der Waals surface area contributed by atoms with Crippen LogP contribution in [0.1, 0.15) is 28.4 Å². The Morgan fingerprint density at radius 1 is 0.769 bits per heavy atom. The van der Waals surface area contributed by atoms with Crippen molar-refractivity contribution in [2.75, 3.05) is 5.01 Å². The van der Waals surface area contributed by atoms with Gasteiger partial charge in [0.25, 0.3) is 5.91 Å². The predicted molar refractivity (Wildman–Crippen MR) is 99.7 cm³/mol. The number of para-hydroxylation sites is 2. The molecular weight excluding hydrogens is 324 g/mol. The third-order valence-electron chi connectivity index (χ3n) is 5.02. The van der Waals surface area contributed by atoms with Crippen LogP contribution in [0.25, 0.3) is 0 Å². The summed E-state index contributed by atoms with van der Waals surface area (Å²) >= 11 is 0. The Bertz CT molecular complexity index is 943. The number of amides is 1. The Hall–Kier alpha value is -3.27. The quantitative estimate of drug-likeness (QED) is 0.707. The van der Waals surface area contributed by atoms with Gasteiger partial charge < -0.3 is 4.74 Å². The number of anilines is 1. The third-order valence-corrected chi connectivity index (χ3v) is 5.02. The topological polar surface area (TPSA) is 32.8 Å². The predicted octanol–water partition coefficient (Wildman–Crippen LogP) is 4.41. The second-order valence-electron chi connectivity index (χ2n) is 6.55. The lowest BCUT2D eigenvalue weighted by molar-refractivity contribution is 0.0355. The number of rotatable bonds is 3. The van der Waals surface area contributed by atoms with Crippen molar-refractivity contribution in [3.8, 4) is 5.75 Å². The van der Waals surface area contributed by atoms with Crippen LogP contribution in [0.4, 0.5) is 5.69 Å². The van der Waals surface area contributed by atoms with E-state index in [-0.39, 0.29) is 18.2 Å². The summed E-state index contributed by atoms with van der Waals surface area (Å²) in [4.78, 5) is 13.3. The summed E-state index contributed by atoms with van der Waals surface area (Å²) in [5.74, 6) is 0.758. The van der Waals surface area contributed by atoms with Crippen LogP contribution in [0.2, 0.25) is 0 Å². The van der Waals surface area contributed by atoms with E-state index in [2.05, 4.69) is 11.1 Å². The van der Waals surface area contributed by atoms with Crippen molar-refractivity contribution in [3.05, 3.63) is 96.1 Å². The fourth-order valence-electron chi connectivity index (χ4n) is 3.91. The van der Waals surface area contributed by atoms with Crippen LogP contribution in [0.15, 0.2) is 84.9 Å². The minimum Gasteiger partial charge on any atom is -0.469 e. The van der Waals surface area contributed by atoms with Crippen LogP contribution in [-0.2, 0) is 0 Å². The summed E-state index contributed by atoms with van der Waals surface area (Å²) in [5, 5.41) is 3.85. The van der Waals surface area contributed by atoms with Gasteiger partial charge in [-0.1, -0.05) is 54.6 Å². The Labute approximate surface area is 152 Å². The summed E-state index contributed by atoms with van der Waals surface area (Å²) < 4.78 is 6.21. The fraction of sp³-hybridized carbons (Fsp3) is 0.136. The van der Waals surface area contributed by atoms with Gasteiger partial charge in [-0.2, -0.15) is 0 Å². The third kappa shape index (κ3) is 2.26. The average Bonchev–Trinajstić information content (AvgIpc) is 3.02. The monoisotopic (exact) mass is 342 g/mol. The average molecular weight is 342 g/mol. The Morgan fingerprint density at radius 3 is 2.19 bits per heavy atom. The number of ether oxygens (including phenoxy) is 1. The van der Waals surface area contributed by atoms with Gasteiger partial charge in [0.2, 0.25) is 0 Å². The molecular formula is C22H18N2O2. The lowest BCUT2D eigenvalue weighted by atomic mass is 9.97. The standard InChI is InChI=1S/C22H18N2O2/c25-22-19-14-8-7-13-18(19)20-15-21(26-17-11-5-2-6-12-17)24(22)23(20)16-9-3-1-4-10-16/h1-14,20-21H,15H2. The van der Waals surface area contributed by atoms with Crippen LogP contribution in [0, 0.1) is 0 Å². The second kappa shape index (κ2) is 5.92. The molecule has 128 valence electrons. The van der Waals surface area contributed by atoms with Gasteiger partial charge >= 0.3 is 0 Å². The van der Waals surface area contributed by atoms with E-state index in [0.717, 1.165) is 29.0 Å². The van der Waals surface area contributed by atoms with Crippen LogP contribution in [-0.4, -0.2) is 17.1 Å². The van der Waals surface area contributed by atoms with E-state index >= 15 is 0 Å². The molecule has 0 aromatic heterocycles. The van der Waals surface area contributed by atoms with E-state index in [4.69, 9.17) is 4.74 Å². The van der Waals surface area contributed by atoms with Gasteiger partial charge in [-0.25, -0.2) is 5.01 Å². The van der Waals surface area contributed by atoms with Crippen LogP contribution < -0.4 is 9.75 Å². The number of hydrazine groups is 1. The van der Waals surface area contributed by atoms with Crippen LogP contribution in [0.5, 0.6) is 5.75 Å². The summed E-state index contributed by atoms with van der Waals surface area (Å²) in [7, 11) is 0. The number of hydrogen-bond donors (Lipinski definition) is 0. The van der Waals surface area contributed by atoms with E-state index in [1.54, 1.807) is 5.01 Å². The van der Waals surface area contributed by atoms with Crippen molar-refractivity contribution in [2.45, 2.75) is 18.7 Å². The van der Waals surface area contributed by atoms with Gasteiger partial charge in [0.1, 0.15) is 5.75 Å². The smallest absolute Gasteiger partial charge is 0.276 e. The van der Waals surface area contributed by atoms with Crippen molar-refractivity contribution in [3.63, 3.8) is 0 Å². The first-order valence-corrected chi connectivity index (χ1v) is 8.81. The summed E-state index contributed by atoms with van der Waals surface area (Å²) in [6.45, 7) is 0. The van der Waals surface area contributed by atoms with Gasteiger partial charge in [0.15, 0.2) is 6.23 Å². The van der Waals surface area contributed by atoms with E-state index < -0.39 is 0 Å². The molecule has 2 bridgehead atoms. The Kier molecular flexibility index (Phi) is 3.42. The van der Waals surface area contributed by atoms with E-state index in [1.807, 2.05) is 78.9 Å². The fourth-order valence-corrected chi connectivity index (χ4v) is 3.91. The molecule has 4 nitrogen and oxygen atoms in total. The molecule has 1 saturated heterocycles. The van der Waals surface area contributed by atoms with Crippen molar-refractivity contribution < 1.29 is 9.53 Å². The molecule has 2 unspecified atom stereocenters. The molecule has 2 heterocycles. The lowest BCUT2D eigenvalue weighted by Gasteiger charge is -2.39. The zero-order valence-electron chi connectivity index (χ0n) is 14.2. The van der Waals surface area contributed by atoms with Crippen molar-refractivity contribution in [2.24, 2.45) is 0 Å². The van der Waals surface area contributed by atoms with E-state index in [0.29, 0.717) is 0 Å². The molecule has 1 fully saturated rings. The first-order chi connectivity index (χ1) is 12.8. The van der Waals surface area contributed by atoms with Gasteiger partial charge in [-0.15, -0.1) is 0 Å². The maximum absolute atomic E-state index is 13.3. The second-order valence-corrected chi connectivity index (χ2v) is 6.55. The molecule has 0 radical (unpaired) electrons. The molecule has 0 N–H and O–H groups in total. The molecule has 0 spiro atoms. The molecule has 3 aromatic carbocycles. The number of carbonyl (C=O) groups is 1. The van der Waals surface area contributed by atoms with Crippen molar-refractivity contribution in [1.29, 1.82) is 0 Å². The Balaban J connectivity index is 1.59. The largest absolute Gasteiger partial charge is 0.469 e. The van der Waals surface area contributed by atoms with Gasteiger partial charge in [0.05, 0.1) is 11.7 Å². The van der Waals surface area contributed by atoms with Crippen LogP contribution >= 0.6 is 0 Å². The number of fused-ring (bicyclic) bond motifs is 4. The van der Waals surface area contributed by atoms with E-state index in [1.165, 1.54) is 0 Å². The summed E-state index contributed by atoms with van der Waals surface area (Å²) in [6, 6.07) is 27.7. The highest BCUT2D eigenvalue weighted by molar-refractivity contribution is 5.99. The highest BCUT2D eigenvalue weighted by Gasteiger charge is 2.49. The number of hydrogen-bond acceptors (Lipinski definition) is 3. The normalized spacial score (nSPS) is 20.8. The zero-order valence-corrected chi connectivity index (χ0v) is 14.2. The summed E-state index contributed by atoms with van der Waals surface area (Å²) in [6.07, 6.45) is 0.398. The molecule has 2 aliphatic heterocycles. The van der Waals surface area contributed by atoms with Gasteiger partial charge in [-0.05, 0) is 35.9 Å². The number of nitrogens with zero attached hydrogens (tertiary/aromatic N) is 2. The first-order valence-electron chi connectivity index (χ1n) is 8.81. The maximum atomic E-state index is 13.3. The molecule has 0 aliphatic carbocycles. The molecule has 26 heavy (non-hydrogen) atoms. The maximum Gasteiger partial charge on any atom is 0.276 e. The first kappa shape index (κ1) is 15.0. The number of carbonyl (C=O) groups excluding carboxylic acids is 1. The highest BCUT2D eigenvalue weighted by Crippen LogP contribution is 2.46. The minimum absolute atomic E-state index is 0.0147. The SMILES string of the molecule is O=C1c2ccccc2C2CC(Oc3ccccc3)N1N2c1ccccc1. The van der Waals surface area contributed by atoms with Crippen molar-refractivity contribution >= 4 is 11.6 Å². The number of benzene rings is 3. The van der Waals surface area contributed by atoms with Gasteiger partial charge in [-0.3, -0.25) is 9.80 Å². The molecule has 1 amide bonds. The van der Waals surface area contributed by atoms with E-state index in [9.17, 15) is 4.79 Å². The molecule has 3 aromatic rings. The highest BCUT2D eigenvalue weighted by atomic mass is 16.5. The summed E-state index contributed by atoms with van der Waals surface area (Å²) in [5.41, 5.74) is 2.83. The van der Waals surface area contributed by atoms with Crippen molar-refractivity contribution in [1.82, 2.24) is 5.01 Å². The lowest BCUT2D eigenvalue weighted by Crippen LogP contribution is -2.50.